The molecule has 0 bridgehead atoms. The highest BCUT2D eigenvalue weighted by molar-refractivity contribution is 7.92. The Morgan fingerprint density at radius 3 is 2.39 bits per heavy atom. The number of sulfonamides is 1. The third-order valence-corrected chi connectivity index (χ3v) is 8.90. The monoisotopic (exact) mass is 529 g/mol. The molecule has 3 heterocycles. The summed E-state index contributed by atoms with van der Waals surface area (Å²) in [5, 5.41) is 6.83. The molecule has 0 saturated carbocycles. The number of hydrogen-bond acceptors (Lipinski definition) is 8. The van der Waals surface area contributed by atoms with Gasteiger partial charge in [0.15, 0.2) is 11.8 Å². The summed E-state index contributed by atoms with van der Waals surface area (Å²) in [7, 11) is -2.28. The molecule has 2 unspecified atom stereocenters. The first-order chi connectivity index (χ1) is 18.4. The minimum absolute atomic E-state index is 0.163. The van der Waals surface area contributed by atoms with Gasteiger partial charge in [-0.15, -0.1) is 0 Å². The van der Waals surface area contributed by atoms with E-state index in [4.69, 9.17) is 16.2 Å². The van der Waals surface area contributed by atoms with E-state index < -0.39 is 16.2 Å². The summed E-state index contributed by atoms with van der Waals surface area (Å²) in [5.74, 6) is 1.50. The Morgan fingerprint density at radius 2 is 1.68 bits per heavy atom. The second kappa shape index (κ2) is 9.19. The molecule has 0 aliphatic carbocycles. The van der Waals surface area contributed by atoms with E-state index in [1.165, 1.54) is 4.31 Å². The van der Waals surface area contributed by atoms with Crippen LogP contribution in [-0.2, 0) is 16.4 Å². The number of guanidine groups is 1. The van der Waals surface area contributed by atoms with Crippen molar-refractivity contribution in [3.05, 3.63) is 90.1 Å². The quantitative estimate of drug-likeness (QED) is 0.360. The van der Waals surface area contributed by atoms with Gasteiger partial charge in [-0.25, -0.2) is 8.42 Å². The lowest BCUT2D eigenvalue weighted by atomic mass is 9.97. The van der Waals surface area contributed by atoms with Gasteiger partial charge in [0.05, 0.1) is 42.0 Å². The number of fused-ring (bicyclic) bond motifs is 2. The van der Waals surface area contributed by atoms with Crippen molar-refractivity contribution in [2.75, 3.05) is 18.0 Å². The fraction of sp³-hybridized carbons (Fsp3) is 0.185. The molecule has 2 aliphatic rings. The van der Waals surface area contributed by atoms with E-state index in [0.717, 1.165) is 22.4 Å². The first kappa shape index (κ1) is 24.0. The number of para-hydroxylation sites is 1. The van der Waals surface area contributed by atoms with Crippen LogP contribution in [0.5, 0.6) is 5.75 Å². The van der Waals surface area contributed by atoms with Gasteiger partial charge in [-0.05, 0) is 53.4 Å². The van der Waals surface area contributed by atoms with E-state index in [2.05, 4.69) is 15.2 Å². The van der Waals surface area contributed by atoms with Gasteiger partial charge in [-0.2, -0.15) is 10.1 Å². The lowest BCUT2D eigenvalue weighted by molar-refractivity contribution is 0.233. The predicted octanol–water partition coefficient (Wildman–Crippen LogP) is 3.12. The van der Waals surface area contributed by atoms with E-state index in [1.807, 2.05) is 60.7 Å². The van der Waals surface area contributed by atoms with Gasteiger partial charge in [0.1, 0.15) is 11.9 Å². The molecule has 4 aromatic rings. The summed E-state index contributed by atoms with van der Waals surface area (Å²) in [6.07, 6.45) is 1.58. The number of hydrogen-bond donors (Lipinski definition) is 3. The first-order valence-electron chi connectivity index (χ1n) is 12.1. The molecule has 2 aliphatic heterocycles. The SMILES string of the molecule is COc1ccc(-c2ccc(S(=O)(=O)N3CC(N4C(N)=Nc5[nH]ncc5C4N)Cc4ccccc43)cc2)cc1. The van der Waals surface area contributed by atoms with Crippen molar-refractivity contribution in [3.8, 4) is 16.9 Å². The van der Waals surface area contributed by atoms with E-state index >= 15 is 0 Å². The van der Waals surface area contributed by atoms with Crippen LogP contribution in [0.1, 0.15) is 17.3 Å². The number of aliphatic imine (C=N–C) groups is 1. The Kier molecular flexibility index (Phi) is 5.81. The molecule has 10 nitrogen and oxygen atoms in total. The standard InChI is InChI=1S/C27H27N7O3S/c1-37-21-10-6-17(7-11-21)18-8-12-22(13-9-18)38(35,36)33-16-20(14-19-4-2-3-5-24(19)33)34-25(28)23-15-30-32-26(23)31-27(34)29/h2-13,15,20,25H,14,16,28H2,1H3,(H3,29,30,31,32). The van der Waals surface area contributed by atoms with E-state index in [-0.39, 0.29) is 23.4 Å². The van der Waals surface area contributed by atoms with Gasteiger partial charge < -0.3 is 21.1 Å². The summed E-state index contributed by atoms with van der Waals surface area (Å²) >= 11 is 0. The van der Waals surface area contributed by atoms with Crippen LogP contribution in [-0.4, -0.2) is 49.2 Å². The molecule has 0 saturated heterocycles. The Labute approximate surface area is 220 Å². The van der Waals surface area contributed by atoms with Gasteiger partial charge in [0, 0.05) is 0 Å². The van der Waals surface area contributed by atoms with Crippen LogP contribution in [0, 0.1) is 0 Å². The minimum atomic E-state index is -3.89. The number of anilines is 1. The number of methoxy groups -OCH3 is 1. The third-order valence-electron chi connectivity index (χ3n) is 7.11. The van der Waals surface area contributed by atoms with Crippen molar-refractivity contribution in [1.82, 2.24) is 15.1 Å². The highest BCUT2D eigenvalue weighted by Gasteiger charge is 2.40. The first-order valence-corrected chi connectivity index (χ1v) is 13.6. The molecule has 194 valence electrons. The smallest absolute Gasteiger partial charge is 0.264 e. The Morgan fingerprint density at radius 1 is 1.00 bits per heavy atom. The topological polar surface area (TPSA) is 143 Å². The zero-order chi connectivity index (χ0) is 26.4. The van der Waals surface area contributed by atoms with Crippen LogP contribution >= 0.6 is 0 Å². The maximum Gasteiger partial charge on any atom is 0.264 e. The number of nitrogens with zero attached hydrogens (tertiary/aromatic N) is 4. The van der Waals surface area contributed by atoms with Crippen LogP contribution in [0.15, 0.2) is 88.9 Å². The molecule has 0 radical (unpaired) electrons. The summed E-state index contributed by atoms with van der Waals surface area (Å²) in [6.45, 7) is 0.163. The Hall–Kier alpha value is -4.35. The van der Waals surface area contributed by atoms with Crippen molar-refractivity contribution >= 4 is 27.5 Å². The van der Waals surface area contributed by atoms with Gasteiger partial charge in [-0.1, -0.05) is 42.5 Å². The number of nitrogens with one attached hydrogen (secondary N) is 1. The lowest BCUT2D eigenvalue weighted by Gasteiger charge is -2.44. The molecule has 0 fully saturated rings. The fourth-order valence-electron chi connectivity index (χ4n) is 5.15. The number of ether oxygens (including phenoxy) is 1. The molecule has 11 heteroatoms. The van der Waals surface area contributed by atoms with Crippen molar-refractivity contribution in [3.63, 3.8) is 0 Å². The summed E-state index contributed by atoms with van der Waals surface area (Å²) < 4.78 is 34.7. The molecule has 38 heavy (non-hydrogen) atoms. The Bertz CT molecular complexity index is 1620. The van der Waals surface area contributed by atoms with Crippen LogP contribution < -0.4 is 20.5 Å². The Balaban J connectivity index is 1.34. The molecule has 3 aromatic carbocycles. The number of rotatable bonds is 5. The van der Waals surface area contributed by atoms with Crippen molar-refractivity contribution in [2.45, 2.75) is 23.5 Å². The van der Waals surface area contributed by atoms with E-state index in [9.17, 15) is 8.42 Å². The average molecular weight is 530 g/mol. The number of benzene rings is 3. The van der Waals surface area contributed by atoms with E-state index in [0.29, 0.717) is 23.5 Å². The average Bonchev–Trinajstić information content (AvgIpc) is 3.41. The van der Waals surface area contributed by atoms with Crippen LogP contribution in [0.3, 0.4) is 0 Å². The highest BCUT2D eigenvalue weighted by atomic mass is 32.2. The molecule has 6 rings (SSSR count). The van der Waals surface area contributed by atoms with Crippen LogP contribution in [0.25, 0.3) is 11.1 Å². The maximum atomic E-state index is 14.0. The molecule has 5 N–H and O–H groups in total. The second-order valence-electron chi connectivity index (χ2n) is 9.27. The lowest BCUT2D eigenvalue weighted by Crippen LogP contribution is -2.57. The number of nitrogens with two attached hydrogens (primary N) is 2. The fourth-order valence-corrected chi connectivity index (χ4v) is 6.69. The van der Waals surface area contributed by atoms with Gasteiger partial charge in [0.2, 0.25) is 0 Å². The largest absolute Gasteiger partial charge is 0.497 e. The molecule has 0 amide bonds. The molecule has 1 aromatic heterocycles. The van der Waals surface area contributed by atoms with Crippen molar-refractivity contribution in [1.29, 1.82) is 0 Å². The molecular weight excluding hydrogens is 502 g/mol. The highest BCUT2D eigenvalue weighted by Crippen LogP contribution is 2.37. The third kappa shape index (κ3) is 3.96. The summed E-state index contributed by atoms with van der Waals surface area (Å²) in [5.41, 5.74) is 17.0. The number of H-pyrrole nitrogens is 1. The molecular formula is C27H27N7O3S. The molecule has 2 atom stereocenters. The predicted molar refractivity (Wildman–Crippen MR) is 146 cm³/mol. The van der Waals surface area contributed by atoms with Gasteiger partial charge in [0.25, 0.3) is 10.0 Å². The van der Waals surface area contributed by atoms with Gasteiger partial charge >= 0.3 is 0 Å². The summed E-state index contributed by atoms with van der Waals surface area (Å²) in [4.78, 5) is 6.39. The van der Waals surface area contributed by atoms with Crippen molar-refractivity contribution in [2.24, 2.45) is 16.5 Å². The van der Waals surface area contributed by atoms with Crippen LogP contribution in [0.4, 0.5) is 11.5 Å². The summed E-state index contributed by atoms with van der Waals surface area (Å²) in [6, 6.07) is 21.7. The number of aromatic amines is 1. The number of aromatic nitrogens is 2. The maximum absolute atomic E-state index is 14.0. The van der Waals surface area contributed by atoms with E-state index in [1.54, 1.807) is 30.3 Å². The van der Waals surface area contributed by atoms with Crippen LogP contribution in [0.2, 0.25) is 0 Å². The zero-order valence-corrected chi connectivity index (χ0v) is 21.5. The molecule has 0 spiro atoms. The minimum Gasteiger partial charge on any atom is -0.497 e. The zero-order valence-electron chi connectivity index (χ0n) is 20.7. The normalized spacial score (nSPS) is 18.9. The van der Waals surface area contributed by atoms with Crippen molar-refractivity contribution < 1.29 is 13.2 Å². The second-order valence-corrected chi connectivity index (χ2v) is 11.1. The van der Waals surface area contributed by atoms with Gasteiger partial charge in [-0.3, -0.25) is 9.40 Å².